The number of carbonyl (C=O) groups excluding carboxylic acids is 2. The molecule has 1 aliphatic rings. The number of ether oxygens (including phenoxy) is 1. The molecule has 0 spiro atoms. The quantitative estimate of drug-likeness (QED) is 0.867. The molecule has 1 aliphatic carbocycles. The summed E-state index contributed by atoms with van der Waals surface area (Å²) < 4.78 is 10.5. The zero-order chi connectivity index (χ0) is 14.1. The number of hydrogen-bond donors (Lipinski definition) is 1. The predicted molar refractivity (Wildman–Crippen MR) is 72.3 cm³/mol. The maximum Gasteiger partial charge on any atom is 0.375 e. The molecule has 0 bridgehead atoms. The normalized spacial score (nSPS) is 15.8. The van der Waals surface area contributed by atoms with Crippen molar-refractivity contribution in [3.8, 4) is 0 Å². The lowest BCUT2D eigenvalue weighted by atomic mass is 10.2. The van der Waals surface area contributed by atoms with E-state index in [4.69, 9.17) is 9.15 Å². The summed E-state index contributed by atoms with van der Waals surface area (Å²) in [5.74, 6) is -0.783. The van der Waals surface area contributed by atoms with Crippen LogP contribution in [0.25, 0.3) is 11.0 Å². The maximum absolute atomic E-state index is 11.9. The second-order valence-corrected chi connectivity index (χ2v) is 4.98. The number of furan rings is 1. The summed E-state index contributed by atoms with van der Waals surface area (Å²) in [7, 11) is 0. The van der Waals surface area contributed by atoms with Crippen molar-refractivity contribution in [3.63, 3.8) is 0 Å². The van der Waals surface area contributed by atoms with E-state index in [2.05, 4.69) is 5.32 Å². The van der Waals surface area contributed by atoms with Crippen LogP contribution in [0, 0.1) is 0 Å². The Balaban J connectivity index is 1.67. The lowest BCUT2D eigenvalue weighted by Gasteiger charge is -2.11. The van der Waals surface area contributed by atoms with E-state index in [1.807, 2.05) is 18.2 Å². The van der Waals surface area contributed by atoms with E-state index in [9.17, 15) is 9.59 Å². The summed E-state index contributed by atoms with van der Waals surface area (Å²) >= 11 is 0. The number of hydrogen-bond acceptors (Lipinski definition) is 4. The number of esters is 1. The van der Waals surface area contributed by atoms with Crippen LogP contribution >= 0.6 is 0 Å². The third kappa shape index (κ3) is 2.66. The van der Waals surface area contributed by atoms with Crippen molar-refractivity contribution in [1.82, 2.24) is 5.32 Å². The molecule has 0 saturated heterocycles. The van der Waals surface area contributed by atoms with Gasteiger partial charge in [0, 0.05) is 11.4 Å². The molecule has 0 unspecified atom stereocenters. The topological polar surface area (TPSA) is 68.5 Å². The fourth-order valence-corrected chi connectivity index (χ4v) is 1.90. The molecule has 1 atom stereocenters. The van der Waals surface area contributed by atoms with Gasteiger partial charge in [-0.2, -0.15) is 0 Å². The van der Waals surface area contributed by atoms with Gasteiger partial charge in [-0.15, -0.1) is 0 Å². The van der Waals surface area contributed by atoms with Crippen molar-refractivity contribution in [3.05, 3.63) is 36.1 Å². The molecule has 1 saturated carbocycles. The van der Waals surface area contributed by atoms with E-state index in [1.54, 1.807) is 19.1 Å². The molecule has 1 aromatic heterocycles. The Morgan fingerprint density at radius 2 is 2.10 bits per heavy atom. The van der Waals surface area contributed by atoms with Crippen molar-refractivity contribution in [2.24, 2.45) is 0 Å². The maximum atomic E-state index is 11.9. The van der Waals surface area contributed by atoms with E-state index in [-0.39, 0.29) is 17.7 Å². The third-order valence-electron chi connectivity index (χ3n) is 3.20. The van der Waals surface area contributed by atoms with Crippen LogP contribution in [-0.2, 0) is 9.53 Å². The molecule has 5 nitrogen and oxygen atoms in total. The zero-order valence-electron chi connectivity index (χ0n) is 11.1. The van der Waals surface area contributed by atoms with Crippen molar-refractivity contribution < 1.29 is 18.7 Å². The number of fused-ring (bicyclic) bond motifs is 1. The lowest BCUT2D eigenvalue weighted by Crippen LogP contribution is -2.37. The number of rotatable bonds is 4. The highest BCUT2D eigenvalue weighted by Crippen LogP contribution is 2.21. The smallest absolute Gasteiger partial charge is 0.375 e. The van der Waals surface area contributed by atoms with Gasteiger partial charge in [-0.3, -0.25) is 4.79 Å². The largest absolute Gasteiger partial charge is 0.449 e. The summed E-state index contributed by atoms with van der Waals surface area (Å²) in [6, 6.07) is 9.16. The van der Waals surface area contributed by atoms with Gasteiger partial charge in [-0.25, -0.2) is 4.79 Å². The van der Waals surface area contributed by atoms with Crippen LogP contribution in [0.3, 0.4) is 0 Å². The fraction of sp³-hybridized carbons (Fsp3) is 0.333. The first-order chi connectivity index (χ1) is 9.63. The van der Waals surface area contributed by atoms with Gasteiger partial charge in [0.1, 0.15) is 5.58 Å². The Bertz CT molecular complexity index is 624. The van der Waals surface area contributed by atoms with Gasteiger partial charge in [0.05, 0.1) is 0 Å². The molecule has 1 aromatic carbocycles. The van der Waals surface area contributed by atoms with E-state index < -0.39 is 12.1 Å². The highest BCUT2D eigenvalue weighted by atomic mass is 16.6. The Labute approximate surface area is 115 Å². The Morgan fingerprint density at radius 1 is 1.35 bits per heavy atom. The van der Waals surface area contributed by atoms with Gasteiger partial charge in [0.25, 0.3) is 5.91 Å². The average molecular weight is 273 g/mol. The molecule has 2 aromatic rings. The first-order valence-electron chi connectivity index (χ1n) is 6.63. The van der Waals surface area contributed by atoms with Crippen LogP contribution in [0.15, 0.2) is 34.7 Å². The highest BCUT2D eigenvalue weighted by molar-refractivity contribution is 5.94. The molecule has 3 rings (SSSR count). The van der Waals surface area contributed by atoms with E-state index in [0.29, 0.717) is 5.58 Å². The van der Waals surface area contributed by atoms with Crippen LogP contribution in [0.5, 0.6) is 0 Å². The van der Waals surface area contributed by atoms with Crippen molar-refractivity contribution in [2.45, 2.75) is 31.9 Å². The molecular weight excluding hydrogens is 258 g/mol. The van der Waals surface area contributed by atoms with Crippen LogP contribution in [0.2, 0.25) is 0 Å². The number of benzene rings is 1. The first kappa shape index (κ1) is 12.7. The lowest BCUT2D eigenvalue weighted by molar-refractivity contribution is -0.129. The van der Waals surface area contributed by atoms with Gasteiger partial charge >= 0.3 is 5.97 Å². The second-order valence-electron chi connectivity index (χ2n) is 4.98. The average Bonchev–Trinajstić information content (AvgIpc) is 3.13. The Morgan fingerprint density at radius 3 is 2.80 bits per heavy atom. The minimum absolute atomic E-state index is 0.109. The second kappa shape index (κ2) is 5.00. The number of para-hydroxylation sites is 1. The minimum Gasteiger partial charge on any atom is -0.449 e. The van der Waals surface area contributed by atoms with Crippen molar-refractivity contribution in [2.75, 3.05) is 0 Å². The van der Waals surface area contributed by atoms with E-state index >= 15 is 0 Å². The van der Waals surface area contributed by atoms with Gasteiger partial charge < -0.3 is 14.5 Å². The standard InChI is InChI=1S/C15H15NO4/c1-9(14(17)16-11-6-7-11)19-15(18)13-8-10-4-2-3-5-12(10)20-13/h2-5,8-9,11H,6-7H2,1H3,(H,16,17)/t9-/m0/s1. The number of amides is 1. The molecule has 1 fully saturated rings. The SMILES string of the molecule is C[C@H](OC(=O)c1cc2ccccc2o1)C(=O)NC1CC1. The third-order valence-corrected chi connectivity index (χ3v) is 3.20. The molecular formula is C15H15NO4. The number of carbonyl (C=O) groups is 2. The molecule has 20 heavy (non-hydrogen) atoms. The molecule has 1 N–H and O–H groups in total. The number of nitrogens with one attached hydrogen (secondary N) is 1. The first-order valence-corrected chi connectivity index (χ1v) is 6.63. The fourth-order valence-electron chi connectivity index (χ4n) is 1.90. The molecule has 0 aliphatic heterocycles. The van der Waals surface area contributed by atoms with Crippen LogP contribution in [0.4, 0.5) is 0 Å². The van der Waals surface area contributed by atoms with Crippen LogP contribution < -0.4 is 5.32 Å². The van der Waals surface area contributed by atoms with Crippen molar-refractivity contribution in [1.29, 1.82) is 0 Å². The van der Waals surface area contributed by atoms with E-state index in [0.717, 1.165) is 18.2 Å². The summed E-state index contributed by atoms with van der Waals surface area (Å²) in [6.07, 6.45) is 1.17. The predicted octanol–water partition coefficient (Wildman–Crippen LogP) is 2.26. The summed E-state index contributed by atoms with van der Waals surface area (Å²) in [5.41, 5.74) is 0.620. The monoisotopic (exact) mass is 273 g/mol. The zero-order valence-corrected chi connectivity index (χ0v) is 11.1. The van der Waals surface area contributed by atoms with Gasteiger partial charge in [0.2, 0.25) is 5.76 Å². The molecule has 5 heteroatoms. The summed E-state index contributed by atoms with van der Waals surface area (Å²) in [5, 5.41) is 3.62. The molecule has 0 radical (unpaired) electrons. The summed E-state index contributed by atoms with van der Waals surface area (Å²) in [6.45, 7) is 1.55. The van der Waals surface area contributed by atoms with Gasteiger partial charge in [-0.1, -0.05) is 18.2 Å². The van der Waals surface area contributed by atoms with E-state index in [1.165, 1.54) is 0 Å². The van der Waals surface area contributed by atoms with Gasteiger partial charge in [-0.05, 0) is 31.9 Å². The molecule has 1 heterocycles. The Kier molecular flexibility index (Phi) is 3.18. The minimum atomic E-state index is -0.823. The van der Waals surface area contributed by atoms with Crippen molar-refractivity contribution >= 4 is 22.8 Å². The Hall–Kier alpha value is -2.30. The summed E-state index contributed by atoms with van der Waals surface area (Å²) in [4.78, 5) is 23.6. The van der Waals surface area contributed by atoms with Crippen LogP contribution in [0.1, 0.15) is 30.3 Å². The van der Waals surface area contributed by atoms with Gasteiger partial charge in [0.15, 0.2) is 6.10 Å². The highest BCUT2D eigenvalue weighted by Gasteiger charge is 2.28. The molecule has 1 amide bonds. The molecule has 104 valence electrons. The van der Waals surface area contributed by atoms with Crippen LogP contribution in [-0.4, -0.2) is 24.0 Å².